The molecule has 0 bridgehead atoms. The summed E-state index contributed by atoms with van der Waals surface area (Å²) in [6, 6.07) is 11.9. The van der Waals surface area contributed by atoms with Gasteiger partial charge < -0.3 is 19.4 Å². The highest BCUT2D eigenvalue weighted by atomic mass is 79.9. The highest BCUT2D eigenvalue weighted by molar-refractivity contribution is 9.10. The van der Waals surface area contributed by atoms with Gasteiger partial charge in [0.25, 0.3) is 11.8 Å². The Morgan fingerprint density at radius 3 is 2.45 bits per heavy atom. The molecule has 0 saturated carbocycles. The van der Waals surface area contributed by atoms with Crippen LogP contribution in [0.2, 0.25) is 0 Å². The lowest BCUT2D eigenvalue weighted by Gasteiger charge is -2.11. The lowest BCUT2D eigenvalue weighted by Crippen LogP contribution is -2.22. The smallest absolute Gasteiger partial charge is 0.375 e. The fraction of sp³-hybridized carbons (Fsp3) is 0.190. The molecule has 0 saturated heterocycles. The summed E-state index contributed by atoms with van der Waals surface area (Å²) in [6.45, 7) is 1.29. The summed E-state index contributed by atoms with van der Waals surface area (Å²) >= 11 is 3.38. The fourth-order valence-corrected chi connectivity index (χ4v) is 3.10. The number of rotatable bonds is 5. The van der Waals surface area contributed by atoms with Crippen molar-refractivity contribution < 1.29 is 23.5 Å². The summed E-state index contributed by atoms with van der Waals surface area (Å²) < 4.78 is 11.5. The van der Waals surface area contributed by atoms with Crippen LogP contribution >= 0.6 is 15.9 Å². The highest BCUT2D eigenvalue weighted by Gasteiger charge is 2.20. The molecule has 0 spiro atoms. The third kappa shape index (κ3) is 4.65. The summed E-state index contributed by atoms with van der Waals surface area (Å²) in [5.74, 6) is -1.28. The number of fused-ring (bicyclic) bond motifs is 1. The average molecular weight is 459 g/mol. The maximum Gasteiger partial charge on any atom is 0.375 e. The second-order valence-corrected chi connectivity index (χ2v) is 7.51. The lowest BCUT2D eigenvalue weighted by molar-refractivity contribution is -0.119. The number of anilines is 1. The topological polar surface area (TPSA) is 88.8 Å². The number of hydrogen-bond acceptors (Lipinski definition) is 5. The van der Waals surface area contributed by atoms with Gasteiger partial charge in [-0.2, -0.15) is 0 Å². The van der Waals surface area contributed by atoms with E-state index in [1.807, 2.05) is 12.1 Å². The number of nitrogens with zero attached hydrogens (tertiary/aromatic N) is 1. The van der Waals surface area contributed by atoms with E-state index < -0.39 is 18.5 Å². The van der Waals surface area contributed by atoms with E-state index in [-0.39, 0.29) is 11.7 Å². The molecule has 0 aliphatic rings. The first-order chi connectivity index (χ1) is 13.8. The molecular formula is C21H19BrN2O5. The van der Waals surface area contributed by atoms with E-state index in [0.717, 1.165) is 9.86 Å². The maximum absolute atomic E-state index is 12.3. The molecule has 0 atom stereocenters. The number of halogens is 1. The Kier molecular flexibility index (Phi) is 6.03. The molecular weight excluding hydrogens is 440 g/mol. The molecule has 0 unspecified atom stereocenters. The molecule has 0 aliphatic carbocycles. The summed E-state index contributed by atoms with van der Waals surface area (Å²) in [7, 11) is 3.32. The summed E-state index contributed by atoms with van der Waals surface area (Å²) in [5.41, 5.74) is 2.21. The van der Waals surface area contributed by atoms with Crippen molar-refractivity contribution in [2.45, 2.75) is 6.92 Å². The number of aryl methyl sites for hydroxylation is 1. The monoisotopic (exact) mass is 458 g/mol. The van der Waals surface area contributed by atoms with Crippen LogP contribution in [0.5, 0.6) is 0 Å². The largest absolute Gasteiger partial charge is 0.450 e. The third-order valence-electron chi connectivity index (χ3n) is 4.24. The van der Waals surface area contributed by atoms with Gasteiger partial charge in [0, 0.05) is 40.8 Å². The van der Waals surface area contributed by atoms with E-state index in [9.17, 15) is 14.4 Å². The summed E-state index contributed by atoms with van der Waals surface area (Å²) in [4.78, 5) is 37.7. The van der Waals surface area contributed by atoms with Crippen LogP contribution in [0.4, 0.5) is 5.69 Å². The molecule has 2 aromatic carbocycles. The normalized spacial score (nSPS) is 10.6. The van der Waals surface area contributed by atoms with Gasteiger partial charge in [-0.05, 0) is 49.4 Å². The summed E-state index contributed by atoms with van der Waals surface area (Å²) in [5, 5.41) is 3.41. The second kappa shape index (κ2) is 8.48. The van der Waals surface area contributed by atoms with Gasteiger partial charge in [-0.3, -0.25) is 9.59 Å². The Bertz CT molecular complexity index is 1090. The van der Waals surface area contributed by atoms with Crippen LogP contribution in [-0.4, -0.2) is 43.4 Å². The molecule has 29 heavy (non-hydrogen) atoms. The fourth-order valence-electron chi connectivity index (χ4n) is 2.74. The second-order valence-electron chi connectivity index (χ2n) is 6.60. The predicted molar refractivity (Wildman–Crippen MR) is 112 cm³/mol. The van der Waals surface area contributed by atoms with E-state index in [4.69, 9.17) is 9.15 Å². The van der Waals surface area contributed by atoms with Gasteiger partial charge in [-0.15, -0.1) is 0 Å². The molecule has 8 heteroatoms. The minimum atomic E-state index is -0.711. The van der Waals surface area contributed by atoms with Gasteiger partial charge in [-0.1, -0.05) is 15.9 Å². The van der Waals surface area contributed by atoms with Crippen LogP contribution in [0.3, 0.4) is 0 Å². The zero-order valence-electron chi connectivity index (χ0n) is 16.1. The molecule has 150 valence electrons. The van der Waals surface area contributed by atoms with E-state index >= 15 is 0 Å². The quantitative estimate of drug-likeness (QED) is 0.583. The maximum atomic E-state index is 12.3. The standard InChI is InChI=1S/C21H19BrN2O5/c1-12-16-10-14(22)6-9-17(16)29-19(12)21(27)28-11-18(25)23-15-7-4-13(5-8-15)20(26)24(2)3/h4-10H,11H2,1-3H3,(H,23,25). The van der Waals surface area contributed by atoms with Crippen LogP contribution in [0.25, 0.3) is 11.0 Å². The van der Waals surface area contributed by atoms with Crippen LogP contribution in [-0.2, 0) is 9.53 Å². The number of furan rings is 1. The van der Waals surface area contributed by atoms with Crippen molar-refractivity contribution in [3.8, 4) is 0 Å². The number of benzene rings is 2. The van der Waals surface area contributed by atoms with Gasteiger partial charge in [0.05, 0.1) is 0 Å². The summed E-state index contributed by atoms with van der Waals surface area (Å²) in [6.07, 6.45) is 0. The lowest BCUT2D eigenvalue weighted by atomic mass is 10.1. The van der Waals surface area contributed by atoms with E-state index in [0.29, 0.717) is 22.4 Å². The van der Waals surface area contributed by atoms with Gasteiger partial charge >= 0.3 is 5.97 Å². The van der Waals surface area contributed by atoms with Crippen molar-refractivity contribution in [2.24, 2.45) is 0 Å². The average Bonchev–Trinajstić information content (AvgIpc) is 3.02. The van der Waals surface area contributed by atoms with Crippen molar-refractivity contribution in [3.05, 3.63) is 63.8 Å². The van der Waals surface area contributed by atoms with Crippen LogP contribution in [0, 0.1) is 6.92 Å². The first kappa shape index (κ1) is 20.6. The Morgan fingerprint density at radius 1 is 1.10 bits per heavy atom. The number of carbonyl (C=O) groups excluding carboxylic acids is 3. The van der Waals surface area contributed by atoms with E-state index in [1.165, 1.54) is 4.90 Å². The number of carbonyl (C=O) groups is 3. The Morgan fingerprint density at radius 2 is 1.79 bits per heavy atom. The zero-order valence-corrected chi connectivity index (χ0v) is 17.7. The Labute approximate surface area is 175 Å². The van der Waals surface area contributed by atoms with Gasteiger partial charge in [0.15, 0.2) is 6.61 Å². The molecule has 7 nitrogen and oxygen atoms in total. The first-order valence-corrected chi connectivity index (χ1v) is 9.53. The van der Waals surface area contributed by atoms with Crippen molar-refractivity contribution >= 4 is 50.4 Å². The number of hydrogen-bond donors (Lipinski definition) is 1. The molecule has 1 N–H and O–H groups in total. The Hall–Kier alpha value is -3.13. The number of esters is 1. The molecule has 0 fully saturated rings. The highest BCUT2D eigenvalue weighted by Crippen LogP contribution is 2.28. The first-order valence-electron chi connectivity index (χ1n) is 8.73. The predicted octanol–water partition coefficient (Wildman–Crippen LogP) is 4.00. The number of amides is 2. The third-order valence-corrected chi connectivity index (χ3v) is 4.73. The minimum Gasteiger partial charge on any atom is -0.450 e. The molecule has 3 aromatic rings. The van der Waals surface area contributed by atoms with Gasteiger partial charge in [0.2, 0.25) is 5.76 Å². The zero-order chi connectivity index (χ0) is 21.1. The number of nitrogens with one attached hydrogen (secondary N) is 1. The molecule has 0 radical (unpaired) electrons. The van der Waals surface area contributed by atoms with Crippen molar-refractivity contribution in [3.63, 3.8) is 0 Å². The van der Waals surface area contributed by atoms with Crippen molar-refractivity contribution in [1.82, 2.24) is 4.90 Å². The van der Waals surface area contributed by atoms with Crippen molar-refractivity contribution in [1.29, 1.82) is 0 Å². The minimum absolute atomic E-state index is 0.0671. The van der Waals surface area contributed by atoms with Crippen LogP contribution in [0.15, 0.2) is 51.4 Å². The number of ether oxygens (including phenoxy) is 1. The molecule has 2 amide bonds. The van der Waals surface area contributed by atoms with Crippen molar-refractivity contribution in [2.75, 3.05) is 26.0 Å². The Balaban J connectivity index is 1.60. The van der Waals surface area contributed by atoms with Gasteiger partial charge in [-0.25, -0.2) is 4.79 Å². The van der Waals surface area contributed by atoms with Gasteiger partial charge in [0.1, 0.15) is 5.58 Å². The molecule has 3 rings (SSSR count). The SMILES string of the molecule is Cc1c(C(=O)OCC(=O)Nc2ccc(C(=O)N(C)C)cc2)oc2ccc(Br)cc12. The van der Waals surface area contributed by atoms with E-state index in [2.05, 4.69) is 21.2 Å². The molecule has 1 aromatic heterocycles. The van der Waals surface area contributed by atoms with Crippen LogP contribution < -0.4 is 5.32 Å². The molecule has 1 heterocycles. The van der Waals surface area contributed by atoms with E-state index in [1.54, 1.807) is 51.4 Å². The molecule has 0 aliphatic heterocycles. The van der Waals surface area contributed by atoms with Crippen LogP contribution in [0.1, 0.15) is 26.5 Å².